The van der Waals surface area contributed by atoms with Crippen molar-refractivity contribution in [2.75, 3.05) is 0 Å². The van der Waals surface area contributed by atoms with Gasteiger partial charge in [0.15, 0.2) is 12.1 Å². The third kappa shape index (κ3) is 2.64. The van der Waals surface area contributed by atoms with Crippen LogP contribution in [-0.4, -0.2) is 22.3 Å². The number of hydrogen-bond donors (Lipinski definition) is 2. The van der Waals surface area contributed by atoms with E-state index in [0.29, 0.717) is 29.5 Å². The van der Waals surface area contributed by atoms with Gasteiger partial charge in [0.2, 0.25) is 0 Å². The minimum atomic E-state index is -1.16. The van der Waals surface area contributed by atoms with Gasteiger partial charge in [-0.3, -0.25) is 4.79 Å². The molecule has 4 rings (SSSR count). The molecule has 0 bridgehead atoms. The molecule has 0 radical (unpaired) electrons. The minimum absolute atomic E-state index is 0.220. The Labute approximate surface area is 158 Å². The molecule has 0 aliphatic heterocycles. The Morgan fingerprint density at radius 1 is 1.12 bits per heavy atom. The summed E-state index contributed by atoms with van der Waals surface area (Å²) in [5, 5.41) is 18.6. The van der Waals surface area contributed by atoms with Crippen LogP contribution in [0.15, 0.2) is 11.6 Å². The first-order valence-corrected chi connectivity index (χ1v) is 10.8. The topological polar surface area (TPSA) is 57.5 Å². The molecule has 4 aliphatic rings. The van der Waals surface area contributed by atoms with Crippen LogP contribution < -0.4 is 0 Å². The van der Waals surface area contributed by atoms with Crippen LogP contribution in [0.3, 0.4) is 0 Å². The second-order valence-corrected chi connectivity index (χ2v) is 10.3. The molecule has 26 heavy (non-hydrogen) atoms. The molecule has 3 fully saturated rings. The van der Waals surface area contributed by atoms with E-state index < -0.39 is 6.29 Å². The largest absolute Gasteiger partial charge is 0.368 e. The normalized spacial score (nSPS) is 48.0. The lowest BCUT2D eigenvalue weighted by molar-refractivity contribution is -0.124. The van der Waals surface area contributed by atoms with E-state index in [9.17, 15) is 15.0 Å². The van der Waals surface area contributed by atoms with Gasteiger partial charge in [-0.05, 0) is 105 Å². The Morgan fingerprint density at radius 2 is 1.88 bits per heavy atom. The fourth-order valence-corrected chi connectivity index (χ4v) is 7.99. The number of carbonyl (C=O) groups is 1. The standard InChI is InChI=1S/C23H36O3/c1-14-12-17(24)13-16-4-7-18-19-8-5-15(6-9-21(25)26)22(19,2)11-10-20(18)23(14,16)3/h12,15-16,18-21,25-26H,4-11,13H2,1-3H3/t15?,16?,18-,19-,20+,22+,23-/m0/s1. The summed E-state index contributed by atoms with van der Waals surface area (Å²) in [5.41, 5.74) is 1.94. The molecule has 3 heteroatoms. The quantitative estimate of drug-likeness (QED) is 0.730. The summed E-state index contributed by atoms with van der Waals surface area (Å²) in [6.07, 6.45) is 10.6. The summed E-state index contributed by atoms with van der Waals surface area (Å²) < 4.78 is 0. The molecule has 2 N–H and O–H groups in total. The number of ketones is 1. The van der Waals surface area contributed by atoms with Crippen molar-refractivity contribution in [1.29, 1.82) is 0 Å². The number of allylic oxidation sites excluding steroid dienone is 2. The summed E-state index contributed by atoms with van der Waals surface area (Å²) >= 11 is 0. The van der Waals surface area contributed by atoms with Gasteiger partial charge >= 0.3 is 0 Å². The van der Waals surface area contributed by atoms with Crippen LogP contribution in [0.4, 0.5) is 0 Å². The molecule has 3 nitrogen and oxygen atoms in total. The predicted molar refractivity (Wildman–Crippen MR) is 102 cm³/mol. The molecular weight excluding hydrogens is 324 g/mol. The van der Waals surface area contributed by atoms with E-state index in [-0.39, 0.29) is 5.41 Å². The third-order valence-electron chi connectivity index (χ3n) is 9.55. The average molecular weight is 361 g/mol. The van der Waals surface area contributed by atoms with Crippen LogP contribution in [0.25, 0.3) is 0 Å². The van der Waals surface area contributed by atoms with Crippen molar-refractivity contribution < 1.29 is 15.0 Å². The summed E-state index contributed by atoms with van der Waals surface area (Å²) in [6.45, 7) is 7.17. The second kappa shape index (κ2) is 6.44. The summed E-state index contributed by atoms with van der Waals surface area (Å²) in [6, 6.07) is 0. The van der Waals surface area contributed by atoms with Gasteiger partial charge in [0.25, 0.3) is 0 Å². The Kier molecular flexibility index (Phi) is 4.63. The van der Waals surface area contributed by atoms with Gasteiger partial charge < -0.3 is 10.2 Å². The van der Waals surface area contributed by atoms with E-state index in [2.05, 4.69) is 20.8 Å². The van der Waals surface area contributed by atoms with Crippen LogP contribution in [0.5, 0.6) is 0 Å². The van der Waals surface area contributed by atoms with E-state index in [0.717, 1.165) is 30.6 Å². The highest BCUT2D eigenvalue weighted by atomic mass is 16.5. The maximum absolute atomic E-state index is 12.1. The van der Waals surface area contributed by atoms with E-state index in [1.807, 2.05) is 6.08 Å². The van der Waals surface area contributed by atoms with E-state index in [1.165, 1.54) is 44.1 Å². The smallest absolute Gasteiger partial charge is 0.155 e. The van der Waals surface area contributed by atoms with Gasteiger partial charge in [-0.2, -0.15) is 0 Å². The lowest BCUT2D eigenvalue weighted by Crippen LogP contribution is -2.53. The summed E-state index contributed by atoms with van der Waals surface area (Å²) in [5.74, 6) is 3.83. The van der Waals surface area contributed by atoms with Crippen LogP contribution in [0.1, 0.15) is 78.6 Å². The summed E-state index contributed by atoms with van der Waals surface area (Å²) in [4.78, 5) is 12.1. The van der Waals surface area contributed by atoms with Crippen LogP contribution in [-0.2, 0) is 4.79 Å². The highest BCUT2D eigenvalue weighted by Crippen LogP contribution is 2.68. The van der Waals surface area contributed by atoms with Crippen molar-refractivity contribution in [1.82, 2.24) is 0 Å². The molecule has 146 valence electrons. The fourth-order valence-electron chi connectivity index (χ4n) is 7.99. The Hall–Kier alpha value is -0.670. The SMILES string of the molecule is CC1=CC(=O)CC2CC[C@@H]3[C@@H](CC[C@]4(C)C(CCC(O)O)CC[C@@H]34)[C@@]12C. The third-order valence-corrected chi connectivity index (χ3v) is 9.55. The highest BCUT2D eigenvalue weighted by molar-refractivity contribution is 5.91. The van der Waals surface area contributed by atoms with Crippen molar-refractivity contribution in [3.8, 4) is 0 Å². The van der Waals surface area contributed by atoms with Gasteiger partial charge in [-0.25, -0.2) is 0 Å². The van der Waals surface area contributed by atoms with Gasteiger partial charge in [-0.1, -0.05) is 19.4 Å². The Bertz CT molecular complexity index is 609. The predicted octanol–water partition coefficient (Wildman–Crippen LogP) is 4.47. The number of carbonyl (C=O) groups excluding carboxylic acids is 1. The maximum Gasteiger partial charge on any atom is 0.155 e. The lowest BCUT2D eigenvalue weighted by Gasteiger charge is -2.60. The first-order valence-electron chi connectivity index (χ1n) is 10.8. The average Bonchev–Trinajstić information content (AvgIpc) is 2.91. The molecule has 0 aromatic heterocycles. The summed E-state index contributed by atoms with van der Waals surface area (Å²) in [7, 11) is 0. The van der Waals surface area contributed by atoms with Crippen molar-refractivity contribution >= 4 is 5.78 Å². The van der Waals surface area contributed by atoms with Crippen molar-refractivity contribution in [2.24, 2.45) is 40.4 Å². The van der Waals surface area contributed by atoms with Gasteiger partial charge in [0, 0.05) is 6.42 Å². The monoisotopic (exact) mass is 360 g/mol. The van der Waals surface area contributed by atoms with Crippen LogP contribution in [0, 0.1) is 40.4 Å². The van der Waals surface area contributed by atoms with Gasteiger partial charge in [0.05, 0.1) is 0 Å². The molecular formula is C23H36O3. The second-order valence-electron chi connectivity index (χ2n) is 10.3. The van der Waals surface area contributed by atoms with E-state index >= 15 is 0 Å². The van der Waals surface area contributed by atoms with Gasteiger partial charge in [-0.15, -0.1) is 0 Å². The van der Waals surface area contributed by atoms with Crippen LogP contribution in [0.2, 0.25) is 0 Å². The molecule has 2 unspecified atom stereocenters. The van der Waals surface area contributed by atoms with E-state index in [4.69, 9.17) is 0 Å². The molecule has 0 aromatic rings. The zero-order valence-electron chi connectivity index (χ0n) is 16.7. The zero-order valence-corrected chi connectivity index (χ0v) is 16.7. The first-order chi connectivity index (χ1) is 12.3. The number of hydrogen-bond acceptors (Lipinski definition) is 3. The zero-order chi connectivity index (χ0) is 18.7. The van der Waals surface area contributed by atoms with E-state index in [1.54, 1.807) is 0 Å². The molecule has 0 amide bonds. The van der Waals surface area contributed by atoms with Gasteiger partial charge in [0.1, 0.15) is 0 Å². The highest BCUT2D eigenvalue weighted by Gasteiger charge is 2.60. The van der Waals surface area contributed by atoms with Crippen molar-refractivity contribution in [2.45, 2.75) is 84.8 Å². The minimum Gasteiger partial charge on any atom is -0.368 e. The number of aliphatic hydroxyl groups is 2. The molecule has 0 heterocycles. The van der Waals surface area contributed by atoms with Crippen LogP contribution >= 0.6 is 0 Å². The number of rotatable bonds is 3. The molecule has 7 atom stereocenters. The molecule has 0 spiro atoms. The lowest BCUT2D eigenvalue weighted by atomic mass is 9.44. The maximum atomic E-state index is 12.1. The number of fused-ring (bicyclic) bond motifs is 5. The molecule has 0 aromatic carbocycles. The molecule has 0 saturated heterocycles. The van der Waals surface area contributed by atoms with Crippen molar-refractivity contribution in [3.05, 3.63) is 11.6 Å². The number of aliphatic hydroxyl groups excluding tert-OH is 1. The fraction of sp³-hybridized carbons (Fsp3) is 0.870. The Morgan fingerprint density at radius 3 is 2.62 bits per heavy atom. The first kappa shape index (κ1) is 18.7. The molecule has 3 saturated carbocycles. The molecule has 4 aliphatic carbocycles. The van der Waals surface area contributed by atoms with Crippen molar-refractivity contribution in [3.63, 3.8) is 0 Å². The Balaban J connectivity index is 1.59.